The zero-order valence-electron chi connectivity index (χ0n) is 21.3. The Balaban J connectivity index is 1.54. The standard InChI is InChI=1S/C34H25NO4/c1-39-24-14-9-13-23(20-24)31(36)30-29(22-11-3-2-4-12-22)34(32(37)25-15-6-7-16-26(25)33(34)38)28-19-18-21-10-5-8-17-27(21)35(28)30/h2-20,28-30H,1H3/t28?,29-,30+/m0/s1. The zero-order valence-corrected chi connectivity index (χ0v) is 21.3. The van der Waals surface area contributed by atoms with Crippen molar-refractivity contribution < 1.29 is 19.1 Å². The van der Waals surface area contributed by atoms with E-state index in [0.717, 1.165) is 16.8 Å². The molecule has 4 aromatic rings. The quantitative estimate of drug-likeness (QED) is 0.248. The topological polar surface area (TPSA) is 63.7 Å². The van der Waals surface area contributed by atoms with Gasteiger partial charge < -0.3 is 9.64 Å². The fourth-order valence-corrected chi connectivity index (χ4v) is 6.90. The van der Waals surface area contributed by atoms with Crippen LogP contribution >= 0.6 is 0 Å². The molecule has 5 heteroatoms. The third kappa shape index (κ3) is 3.10. The van der Waals surface area contributed by atoms with Crippen molar-refractivity contribution in [3.63, 3.8) is 0 Å². The summed E-state index contributed by atoms with van der Waals surface area (Å²) in [5, 5.41) is 0. The van der Waals surface area contributed by atoms with Gasteiger partial charge >= 0.3 is 0 Å². The number of hydrogen-bond acceptors (Lipinski definition) is 5. The summed E-state index contributed by atoms with van der Waals surface area (Å²) in [5.74, 6) is -0.758. The Morgan fingerprint density at radius 1 is 0.795 bits per heavy atom. The van der Waals surface area contributed by atoms with E-state index in [4.69, 9.17) is 4.74 Å². The maximum absolute atomic E-state index is 14.6. The summed E-state index contributed by atoms with van der Waals surface area (Å²) in [7, 11) is 1.57. The molecule has 7 rings (SSSR count). The predicted octanol–water partition coefficient (Wildman–Crippen LogP) is 6.01. The summed E-state index contributed by atoms with van der Waals surface area (Å²) in [5.41, 5.74) is 2.38. The van der Waals surface area contributed by atoms with E-state index in [0.29, 0.717) is 22.4 Å². The minimum atomic E-state index is -1.49. The highest BCUT2D eigenvalue weighted by Crippen LogP contribution is 2.60. The Hall–Kier alpha value is -4.77. The highest BCUT2D eigenvalue weighted by atomic mass is 16.5. The second kappa shape index (κ2) is 8.63. The van der Waals surface area contributed by atoms with Crippen molar-refractivity contribution in [3.8, 4) is 5.75 Å². The van der Waals surface area contributed by atoms with Crippen molar-refractivity contribution >= 4 is 29.1 Å². The molecule has 4 aromatic carbocycles. The summed E-state index contributed by atoms with van der Waals surface area (Å²) < 4.78 is 5.43. The Labute approximate surface area is 226 Å². The number of para-hydroxylation sites is 1. The number of hydrogen-bond donors (Lipinski definition) is 0. The van der Waals surface area contributed by atoms with Crippen LogP contribution in [-0.4, -0.2) is 36.5 Å². The molecule has 2 aliphatic heterocycles. The van der Waals surface area contributed by atoms with Crippen molar-refractivity contribution in [2.45, 2.75) is 18.0 Å². The zero-order chi connectivity index (χ0) is 26.7. The van der Waals surface area contributed by atoms with Crippen LogP contribution in [0.3, 0.4) is 0 Å². The van der Waals surface area contributed by atoms with Crippen LogP contribution in [0.1, 0.15) is 48.1 Å². The lowest BCUT2D eigenvalue weighted by Gasteiger charge is -2.37. The lowest BCUT2D eigenvalue weighted by molar-refractivity contribution is 0.0666. The van der Waals surface area contributed by atoms with Gasteiger partial charge in [-0.25, -0.2) is 0 Å². The van der Waals surface area contributed by atoms with E-state index >= 15 is 0 Å². The first-order valence-corrected chi connectivity index (χ1v) is 13.0. The largest absolute Gasteiger partial charge is 0.497 e. The number of fused-ring (bicyclic) bond motifs is 5. The molecule has 190 valence electrons. The van der Waals surface area contributed by atoms with Gasteiger partial charge in [0, 0.05) is 28.3 Å². The molecule has 1 fully saturated rings. The third-order valence-corrected chi connectivity index (χ3v) is 8.49. The SMILES string of the molecule is COc1cccc(C(=O)[C@H]2[C@H](c3ccccc3)C3(C(=O)c4ccccc4C3=O)C3C=Cc4ccccc4N32)c1. The summed E-state index contributed by atoms with van der Waals surface area (Å²) in [6.07, 6.45) is 3.92. The van der Waals surface area contributed by atoms with Crippen LogP contribution < -0.4 is 9.64 Å². The molecule has 1 aliphatic carbocycles. The fraction of sp³-hybridized carbons (Fsp3) is 0.147. The molecular formula is C34H25NO4. The molecule has 3 atom stereocenters. The predicted molar refractivity (Wildman–Crippen MR) is 150 cm³/mol. The average molecular weight is 512 g/mol. The number of nitrogens with zero attached hydrogens (tertiary/aromatic N) is 1. The summed E-state index contributed by atoms with van der Waals surface area (Å²) in [6.45, 7) is 0. The number of benzene rings is 4. The Kier molecular flexibility index (Phi) is 5.17. The molecule has 39 heavy (non-hydrogen) atoms. The molecule has 1 spiro atoms. The van der Waals surface area contributed by atoms with Crippen molar-refractivity contribution in [2.24, 2.45) is 5.41 Å². The smallest absolute Gasteiger partial charge is 0.186 e. The monoisotopic (exact) mass is 511 g/mol. The van der Waals surface area contributed by atoms with Gasteiger partial charge in [-0.1, -0.05) is 97.1 Å². The van der Waals surface area contributed by atoms with E-state index in [1.165, 1.54) is 0 Å². The van der Waals surface area contributed by atoms with E-state index in [-0.39, 0.29) is 17.3 Å². The molecule has 1 saturated heterocycles. The van der Waals surface area contributed by atoms with Crippen LogP contribution in [0.2, 0.25) is 0 Å². The lowest BCUT2D eigenvalue weighted by Crippen LogP contribution is -2.48. The molecule has 0 saturated carbocycles. The van der Waals surface area contributed by atoms with Crippen LogP contribution in [-0.2, 0) is 0 Å². The van der Waals surface area contributed by atoms with Crippen molar-refractivity contribution in [1.82, 2.24) is 0 Å². The molecule has 0 aromatic heterocycles. The third-order valence-electron chi connectivity index (χ3n) is 8.49. The molecule has 5 nitrogen and oxygen atoms in total. The second-order valence-electron chi connectivity index (χ2n) is 10.3. The molecule has 0 N–H and O–H groups in total. The summed E-state index contributed by atoms with van der Waals surface area (Å²) >= 11 is 0. The number of ketones is 3. The first-order valence-electron chi connectivity index (χ1n) is 13.0. The maximum atomic E-state index is 14.6. The van der Waals surface area contributed by atoms with Crippen molar-refractivity contribution in [2.75, 3.05) is 12.0 Å². The Morgan fingerprint density at radius 3 is 2.18 bits per heavy atom. The van der Waals surface area contributed by atoms with E-state index < -0.39 is 23.4 Å². The minimum absolute atomic E-state index is 0.161. The van der Waals surface area contributed by atoms with Crippen molar-refractivity contribution in [3.05, 3.63) is 137 Å². The molecule has 2 heterocycles. The number of rotatable bonds is 4. The van der Waals surface area contributed by atoms with Crippen molar-refractivity contribution in [1.29, 1.82) is 0 Å². The van der Waals surface area contributed by atoms with Gasteiger partial charge in [0.05, 0.1) is 13.2 Å². The van der Waals surface area contributed by atoms with Crippen LogP contribution in [0.5, 0.6) is 5.75 Å². The highest BCUT2D eigenvalue weighted by molar-refractivity contribution is 6.32. The molecule has 0 bridgehead atoms. The van der Waals surface area contributed by atoms with Gasteiger partial charge in [-0.2, -0.15) is 0 Å². The maximum Gasteiger partial charge on any atom is 0.186 e. The molecule has 0 amide bonds. The Morgan fingerprint density at radius 2 is 1.46 bits per heavy atom. The first kappa shape index (κ1) is 23.4. The van der Waals surface area contributed by atoms with Gasteiger partial charge in [-0.15, -0.1) is 0 Å². The molecule has 0 radical (unpaired) electrons. The summed E-state index contributed by atoms with van der Waals surface area (Å²) in [6, 6.07) is 30.1. The number of Topliss-reactive ketones (excluding diaryl/α,β-unsaturated/α-hetero) is 3. The van der Waals surface area contributed by atoms with Gasteiger partial charge in [-0.3, -0.25) is 14.4 Å². The number of methoxy groups -OCH3 is 1. The minimum Gasteiger partial charge on any atom is -0.497 e. The van der Waals surface area contributed by atoms with E-state index in [9.17, 15) is 14.4 Å². The lowest BCUT2D eigenvalue weighted by atomic mass is 9.64. The van der Waals surface area contributed by atoms with Gasteiger partial charge in [-0.05, 0) is 29.3 Å². The fourth-order valence-electron chi connectivity index (χ4n) is 6.90. The number of carbonyl (C=O) groups is 3. The number of ether oxygens (including phenoxy) is 1. The van der Waals surface area contributed by atoms with Crippen LogP contribution in [0.25, 0.3) is 6.08 Å². The van der Waals surface area contributed by atoms with Crippen LogP contribution in [0.15, 0.2) is 109 Å². The second-order valence-corrected chi connectivity index (χ2v) is 10.3. The van der Waals surface area contributed by atoms with Crippen LogP contribution in [0.4, 0.5) is 5.69 Å². The van der Waals surface area contributed by atoms with Crippen LogP contribution in [0, 0.1) is 5.41 Å². The number of anilines is 1. The van der Waals surface area contributed by atoms with Gasteiger partial charge in [0.25, 0.3) is 0 Å². The normalized spacial score (nSPS) is 22.0. The van der Waals surface area contributed by atoms with E-state index in [1.54, 1.807) is 55.6 Å². The number of carbonyl (C=O) groups excluding carboxylic acids is 3. The molecule has 1 unspecified atom stereocenters. The van der Waals surface area contributed by atoms with E-state index in [2.05, 4.69) is 0 Å². The van der Waals surface area contributed by atoms with E-state index in [1.807, 2.05) is 71.6 Å². The first-order chi connectivity index (χ1) is 19.1. The van der Waals surface area contributed by atoms with Gasteiger partial charge in [0.15, 0.2) is 17.3 Å². The van der Waals surface area contributed by atoms with Gasteiger partial charge in [0.2, 0.25) is 0 Å². The highest BCUT2D eigenvalue weighted by Gasteiger charge is 2.71. The molecular weight excluding hydrogens is 486 g/mol. The Bertz CT molecular complexity index is 1650. The van der Waals surface area contributed by atoms with Gasteiger partial charge in [0.1, 0.15) is 17.2 Å². The molecule has 3 aliphatic rings. The average Bonchev–Trinajstić information content (AvgIpc) is 3.43. The summed E-state index contributed by atoms with van der Waals surface area (Å²) in [4.78, 5) is 45.8.